The van der Waals surface area contributed by atoms with Crippen LogP contribution in [0.1, 0.15) is 38.2 Å². The molecule has 104 valence electrons. The number of oxime groups is 1. The minimum Gasteiger partial charge on any atom is -0.409 e. The lowest BCUT2D eigenvalue weighted by atomic mass is 9.86. The van der Waals surface area contributed by atoms with Gasteiger partial charge in [-0.2, -0.15) is 0 Å². The van der Waals surface area contributed by atoms with E-state index in [1.165, 1.54) is 25.7 Å². The molecule has 0 amide bonds. The first-order chi connectivity index (χ1) is 9.13. The van der Waals surface area contributed by atoms with Crippen LogP contribution < -0.4 is 10.6 Å². The van der Waals surface area contributed by atoms with Crippen LogP contribution in [0, 0.1) is 5.92 Å². The van der Waals surface area contributed by atoms with Crippen molar-refractivity contribution >= 4 is 11.7 Å². The van der Waals surface area contributed by atoms with Crippen LogP contribution >= 0.6 is 0 Å². The molecule has 19 heavy (non-hydrogen) atoms. The molecule has 3 N–H and O–H groups in total. The highest BCUT2D eigenvalue weighted by atomic mass is 16.4. The van der Waals surface area contributed by atoms with Crippen LogP contribution in [0.15, 0.2) is 23.5 Å². The van der Waals surface area contributed by atoms with E-state index in [2.05, 4.69) is 22.0 Å². The molecule has 0 bridgehead atoms. The molecule has 5 nitrogen and oxygen atoms in total. The molecule has 1 heterocycles. The quantitative estimate of drug-likeness (QED) is 0.379. The Bertz CT molecular complexity index is 461. The molecule has 1 saturated carbocycles. The van der Waals surface area contributed by atoms with Crippen molar-refractivity contribution in [3.63, 3.8) is 0 Å². The molecule has 1 aromatic heterocycles. The van der Waals surface area contributed by atoms with Gasteiger partial charge in [-0.1, -0.05) is 24.9 Å². The van der Waals surface area contributed by atoms with Gasteiger partial charge in [-0.15, -0.1) is 0 Å². The Balaban J connectivity index is 2.25. The molecule has 0 aromatic carbocycles. The SMILES string of the molecule is CC1CCCC(N(C)c2ncccc2C(N)=NO)C1. The Morgan fingerprint density at radius 2 is 2.32 bits per heavy atom. The van der Waals surface area contributed by atoms with Crippen LogP contribution in [0.5, 0.6) is 0 Å². The Kier molecular flexibility index (Phi) is 4.24. The number of rotatable bonds is 3. The van der Waals surface area contributed by atoms with E-state index in [1.807, 2.05) is 13.1 Å². The van der Waals surface area contributed by atoms with Crippen molar-refractivity contribution in [1.29, 1.82) is 0 Å². The lowest BCUT2D eigenvalue weighted by Gasteiger charge is -2.35. The largest absolute Gasteiger partial charge is 0.409 e. The van der Waals surface area contributed by atoms with Crippen LogP contribution in [-0.4, -0.2) is 29.1 Å². The second kappa shape index (κ2) is 5.91. The number of aromatic nitrogens is 1. The van der Waals surface area contributed by atoms with Gasteiger partial charge in [0.05, 0.1) is 5.56 Å². The van der Waals surface area contributed by atoms with Gasteiger partial charge < -0.3 is 15.8 Å². The summed E-state index contributed by atoms with van der Waals surface area (Å²) in [6.45, 7) is 2.29. The average Bonchev–Trinajstić information content (AvgIpc) is 2.45. The van der Waals surface area contributed by atoms with Gasteiger partial charge in [-0.05, 0) is 30.9 Å². The van der Waals surface area contributed by atoms with Crippen LogP contribution in [0.2, 0.25) is 0 Å². The molecule has 1 aliphatic rings. The zero-order valence-electron chi connectivity index (χ0n) is 11.6. The van der Waals surface area contributed by atoms with E-state index in [1.54, 1.807) is 12.3 Å². The smallest absolute Gasteiger partial charge is 0.173 e. The lowest BCUT2D eigenvalue weighted by Crippen LogP contribution is -2.37. The molecule has 1 aromatic rings. The van der Waals surface area contributed by atoms with E-state index in [4.69, 9.17) is 10.9 Å². The summed E-state index contributed by atoms with van der Waals surface area (Å²) >= 11 is 0. The predicted molar refractivity (Wildman–Crippen MR) is 76.6 cm³/mol. The monoisotopic (exact) mass is 262 g/mol. The first kappa shape index (κ1) is 13.6. The maximum Gasteiger partial charge on any atom is 0.173 e. The number of hydrogen-bond acceptors (Lipinski definition) is 4. The number of anilines is 1. The van der Waals surface area contributed by atoms with Crippen LogP contribution in [0.3, 0.4) is 0 Å². The zero-order chi connectivity index (χ0) is 13.8. The van der Waals surface area contributed by atoms with Gasteiger partial charge in [0.1, 0.15) is 5.82 Å². The maximum atomic E-state index is 8.86. The van der Waals surface area contributed by atoms with Gasteiger partial charge in [0.15, 0.2) is 5.84 Å². The third-order valence-corrected chi connectivity index (χ3v) is 3.96. The summed E-state index contributed by atoms with van der Waals surface area (Å²) in [6.07, 6.45) is 6.64. The summed E-state index contributed by atoms with van der Waals surface area (Å²) in [5, 5.41) is 12.0. The Morgan fingerprint density at radius 1 is 1.53 bits per heavy atom. The number of nitrogens with zero attached hydrogens (tertiary/aromatic N) is 3. The van der Waals surface area contributed by atoms with Crippen molar-refractivity contribution < 1.29 is 5.21 Å². The molecule has 0 aliphatic heterocycles. The molecule has 1 aliphatic carbocycles. The number of nitrogens with two attached hydrogens (primary N) is 1. The van der Waals surface area contributed by atoms with Crippen LogP contribution in [0.25, 0.3) is 0 Å². The van der Waals surface area contributed by atoms with E-state index < -0.39 is 0 Å². The minimum atomic E-state index is 0.110. The highest BCUT2D eigenvalue weighted by Crippen LogP contribution is 2.29. The Hall–Kier alpha value is -1.78. The highest BCUT2D eigenvalue weighted by Gasteiger charge is 2.25. The van der Waals surface area contributed by atoms with Crippen molar-refractivity contribution in [2.45, 2.75) is 38.6 Å². The van der Waals surface area contributed by atoms with Gasteiger partial charge in [-0.3, -0.25) is 0 Å². The summed E-state index contributed by atoms with van der Waals surface area (Å²) in [7, 11) is 2.04. The number of pyridine rings is 1. The number of hydrogen-bond donors (Lipinski definition) is 2. The maximum absolute atomic E-state index is 8.86. The summed E-state index contributed by atoms with van der Waals surface area (Å²) in [6, 6.07) is 4.11. The lowest BCUT2D eigenvalue weighted by molar-refractivity contribution is 0.318. The summed E-state index contributed by atoms with van der Waals surface area (Å²) in [5.41, 5.74) is 6.41. The van der Waals surface area contributed by atoms with Crippen LogP contribution in [0.4, 0.5) is 5.82 Å². The van der Waals surface area contributed by atoms with Gasteiger partial charge in [0.2, 0.25) is 0 Å². The fraction of sp³-hybridized carbons (Fsp3) is 0.571. The average molecular weight is 262 g/mol. The second-order valence-electron chi connectivity index (χ2n) is 5.40. The van der Waals surface area contributed by atoms with Gasteiger partial charge in [0, 0.05) is 19.3 Å². The third kappa shape index (κ3) is 2.97. The predicted octanol–water partition coefficient (Wildman–Crippen LogP) is 2.19. The Morgan fingerprint density at radius 3 is 3.00 bits per heavy atom. The molecule has 0 saturated heterocycles. The first-order valence-electron chi connectivity index (χ1n) is 6.79. The topological polar surface area (TPSA) is 74.7 Å². The van der Waals surface area contributed by atoms with Crippen molar-refractivity contribution in [1.82, 2.24) is 4.98 Å². The molecule has 2 atom stereocenters. The molecular formula is C14H22N4O. The second-order valence-corrected chi connectivity index (χ2v) is 5.40. The summed E-state index contributed by atoms with van der Waals surface area (Å²) in [5.74, 6) is 1.65. The van der Waals surface area contributed by atoms with E-state index in [-0.39, 0.29) is 5.84 Å². The van der Waals surface area contributed by atoms with Gasteiger partial charge in [-0.25, -0.2) is 4.98 Å². The summed E-state index contributed by atoms with van der Waals surface area (Å²) < 4.78 is 0. The first-order valence-corrected chi connectivity index (χ1v) is 6.79. The molecular weight excluding hydrogens is 240 g/mol. The van der Waals surface area contributed by atoms with E-state index >= 15 is 0 Å². The van der Waals surface area contributed by atoms with Gasteiger partial charge >= 0.3 is 0 Å². The molecule has 0 radical (unpaired) electrons. The van der Waals surface area contributed by atoms with Crippen LogP contribution in [-0.2, 0) is 0 Å². The fourth-order valence-corrected chi connectivity index (χ4v) is 2.86. The van der Waals surface area contributed by atoms with E-state index in [0.29, 0.717) is 11.6 Å². The molecule has 0 spiro atoms. The van der Waals surface area contributed by atoms with Crippen molar-refractivity contribution in [3.05, 3.63) is 23.9 Å². The highest BCUT2D eigenvalue weighted by molar-refractivity contribution is 6.01. The summed E-state index contributed by atoms with van der Waals surface area (Å²) in [4.78, 5) is 6.57. The van der Waals surface area contributed by atoms with Crippen molar-refractivity contribution in [2.75, 3.05) is 11.9 Å². The molecule has 2 rings (SSSR count). The fourth-order valence-electron chi connectivity index (χ4n) is 2.86. The Labute approximate surface area is 114 Å². The normalized spacial score (nSPS) is 24.2. The minimum absolute atomic E-state index is 0.110. The third-order valence-electron chi connectivity index (χ3n) is 3.96. The van der Waals surface area contributed by atoms with Gasteiger partial charge in [0.25, 0.3) is 0 Å². The van der Waals surface area contributed by atoms with Crippen molar-refractivity contribution in [2.24, 2.45) is 16.8 Å². The molecule has 2 unspecified atom stereocenters. The van der Waals surface area contributed by atoms with E-state index in [9.17, 15) is 0 Å². The van der Waals surface area contributed by atoms with E-state index in [0.717, 1.165) is 11.7 Å². The van der Waals surface area contributed by atoms with Crippen molar-refractivity contribution in [3.8, 4) is 0 Å². The standard InChI is InChI=1S/C14H22N4O/c1-10-5-3-6-11(9-10)18(2)14-12(13(15)17-19)7-4-8-16-14/h4,7-8,10-11,19H,3,5-6,9H2,1-2H3,(H2,15,17). The number of amidine groups is 1. The molecule has 5 heteroatoms. The zero-order valence-corrected chi connectivity index (χ0v) is 11.6. The molecule has 1 fully saturated rings.